The molecule has 0 amide bonds. The molecule has 15 heavy (non-hydrogen) atoms. The van der Waals surface area contributed by atoms with Gasteiger partial charge in [-0.1, -0.05) is 26.5 Å². The van der Waals surface area contributed by atoms with Crippen LogP contribution in [0, 0.1) is 0 Å². The SMILES string of the molecule is C=C1N(C)c2ccc(C(C)C)cc2N1C. The fourth-order valence-corrected chi connectivity index (χ4v) is 1.95. The van der Waals surface area contributed by atoms with Gasteiger partial charge in [0, 0.05) is 14.1 Å². The van der Waals surface area contributed by atoms with Crippen LogP contribution in [0.4, 0.5) is 11.4 Å². The molecule has 0 fully saturated rings. The van der Waals surface area contributed by atoms with E-state index in [0.717, 1.165) is 5.82 Å². The molecule has 1 aromatic carbocycles. The van der Waals surface area contributed by atoms with E-state index in [1.807, 2.05) is 0 Å². The molecule has 1 aliphatic heterocycles. The number of hydrogen-bond donors (Lipinski definition) is 0. The molecule has 0 aliphatic carbocycles. The number of anilines is 2. The second-order valence-corrected chi connectivity index (χ2v) is 4.44. The van der Waals surface area contributed by atoms with Crippen LogP contribution >= 0.6 is 0 Å². The van der Waals surface area contributed by atoms with Gasteiger partial charge in [-0.25, -0.2) is 0 Å². The summed E-state index contributed by atoms with van der Waals surface area (Å²) < 4.78 is 0. The van der Waals surface area contributed by atoms with Gasteiger partial charge in [0.15, 0.2) is 0 Å². The van der Waals surface area contributed by atoms with Gasteiger partial charge in [-0.2, -0.15) is 0 Å². The van der Waals surface area contributed by atoms with E-state index >= 15 is 0 Å². The van der Waals surface area contributed by atoms with Crippen molar-refractivity contribution in [3.63, 3.8) is 0 Å². The first-order valence-electron chi connectivity index (χ1n) is 5.32. The number of fused-ring (bicyclic) bond motifs is 1. The molecule has 80 valence electrons. The number of benzene rings is 1. The smallest absolute Gasteiger partial charge is 0.105 e. The highest BCUT2D eigenvalue weighted by Gasteiger charge is 2.24. The van der Waals surface area contributed by atoms with Crippen molar-refractivity contribution in [3.8, 4) is 0 Å². The standard InChI is InChI=1S/C13H18N2/c1-9(2)11-6-7-12-13(8-11)15(5)10(3)14(12)4/h6-9H,3H2,1-2,4-5H3. The maximum absolute atomic E-state index is 4.06. The van der Waals surface area contributed by atoms with Crippen LogP contribution < -0.4 is 9.80 Å². The molecule has 0 spiro atoms. The first-order chi connectivity index (χ1) is 7.02. The summed E-state index contributed by atoms with van der Waals surface area (Å²) in [5, 5.41) is 0. The molecule has 0 bridgehead atoms. The van der Waals surface area contributed by atoms with Crippen LogP contribution in [0.5, 0.6) is 0 Å². The molecule has 0 radical (unpaired) electrons. The lowest BCUT2D eigenvalue weighted by Gasteiger charge is -2.15. The summed E-state index contributed by atoms with van der Waals surface area (Å²) in [6.45, 7) is 8.49. The molecule has 1 aliphatic rings. The predicted octanol–water partition coefficient (Wildman–Crippen LogP) is 3.17. The molecule has 0 unspecified atom stereocenters. The Morgan fingerprint density at radius 2 is 1.67 bits per heavy atom. The fourth-order valence-electron chi connectivity index (χ4n) is 1.95. The monoisotopic (exact) mass is 202 g/mol. The molecule has 0 atom stereocenters. The molecule has 2 rings (SSSR count). The predicted molar refractivity (Wildman–Crippen MR) is 66.5 cm³/mol. The Bertz CT molecular complexity index is 407. The highest BCUT2D eigenvalue weighted by molar-refractivity contribution is 5.82. The van der Waals surface area contributed by atoms with Crippen molar-refractivity contribution in [2.24, 2.45) is 0 Å². The van der Waals surface area contributed by atoms with Gasteiger partial charge in [-0.05, 0) is 23.6 Å². The Balaban J connectivity index is 2.51. The van der Waals surface area contributed by atoms with Gasteiger partial charge in [0.05, 0.1) is 11.4 Å². The Kier molecular flexibility index (Phi) is 2.22. The van der Waals surface area contributed by atoms with Gasteiger partial charge in [0.1, 0.15) is 5.82 Å². The quantitative estimate of drug-likeness (QED) is 0.690. The van der Waals surface area contributed by atoms with Crippen molar-refractivity contribution in [1.29, 1.82) is 0 Å². The third kappa shape index (κ3) is 1.41. The Morgan fingerprint density at radius 3 is 2.27 bits per heavy atom. The summed E-state index contributed by atoms with van der Waals surface area (Å²) in [5.74, 6) is 1.61. The third-order valence-corrected chi connectivity index (χ3v) is 3.16. The van der Waals surface area contributed by atoms with Gasteiger partial charge in [-0.15, -0.1) is 0 Å². The van der Waals surface area contributed by atoms with E-state index < -0.39 is 0 Å². The van der Waals surface area contributed by atoms with Crippen molar-refractivity contribution >= 4 is 11.4 Å². The summed E-state index contributed by atoms with van der Waals surface area (Å²) in [7, 11) is 4.12. The summed E-state index contributed by atoms with van der Waals surface area (Å²) in [6.07, 6.45) is 0. The van der Waals surface area contributed by atoms with E-state index in [0.29, 0.717) is 5.92 Å². The van der Waals surface area contributed by atoms with Gasteiger partial charge >= 0.3 is 0 Å². The second-order valence-electron chi connectivity index (χ2n) is 4.44. The minimum absolute atomic E-state index is 0.572. The minimum atomic E-state index is 0.572. The van der Waals surface area contributed by atoms with Crippen LogP contribution in [-0.4, -0.2) is 14.1 Å². The number of rotatable bonds is 1. The third-order valence-electron chi connectivity index (χ3n) is 3.16. The van der Waals surface area contributed by atoms with E-state index in [-0.39, 0.29) is 0 Å². The first-order valence-corrected chi connectivity index (χ1v) is 5.32. The topological polar surface area (TPSA) is 6.48 Å². The van der Waals surface area contributed by atoms with E-state index in [4.69, 9.17) is 0 Å². The van der Waals surface area contributed by atoms with Crippen LogP contribution in [0.15, 0.2) is 30.6 Å². The Labute approximate surface area is 91.8 Å². The Hall–Kier alpha value is -1.44. The van der Waals surface area contributed by atoms with Crippen LogP contribution in [0.25, 0.3) is 0 Å². The van der Waals surface area contributed by atoms with Crippen molar-refractivity contribution < 1.29 is 0 Å². The zero-order valence-electron chi connectivity index (χ0n) is 9.91. The fraction of sp³-hybridized carbons (Fsp3) is 0.385. The molecule has 0 N–H and O–H groups in total. The normalized spacial score (nSPS) is 15.1. The van der Waals surface area contributed by atoms with E-state index in [1.54, 1.807) is 0 Å². The van der Waals surface area contributed by atoms with E-state index in [9.17, 15) is 0 Å². The lowest BCUT2D eigenvalue weighted by molar-refractivity contribution is 0.866. The van der Waals surface area contributed by atoms with Crippen LogP contribution in [0.2, 0.25) is 0 Å². The maximum atomic E-state index is 4.06. The zero-order valence-corrected chi connectivity index (χ0v) is 9.91. The summed E-state index contributed by atoms with van der Waals surface area (Å²) >= 11 is 0. The summed E-state index contributed by atoms with van der Waals surface area (Å²) in [5.41, 5.74) is 3.88. The molecule has 0 saturated heterocycles. The number of nitrogens with zero attached hydrogens (tertiary/aromatic N) is 2. The maximum Gasteiger partial charge on any atom is 0.105 e. The van der Waals surface area contributed by atoms with Crippen molar-refractivity contribution in [2.45, 2.75) is 19.8 Å². The molecular weight excluding hydrogens is 184 g/mol. The van der Waals surface area contributed by atoms with Crippen molar-refractivity contribution in [1.82, 2.24) is 0 Å². The average molecular weight is 202 g/mol. The van der Waals surface area contributed by atoms with Crippen LogP contribution in [-0.2, 0) is 0 Å². The second kappa shape index (κ2) is 3.30. The average Bonchev–Trinajstić information content (AvgIpc) is 2.44. The lowest BCUT2D eigenvalue weighted by atomic mass is 10.0. The van der Waals surface area contributed by atoms with E-state index in [2.05, 4.69) is 62.5 Å². The van der Waals surface area contributed by atoms with Crippen molar-refractivity contribution in [3.05, 3.63) is 36.2 Å². The van der Waals surface area contributed by atoms with Gasteiger partial charge < -0.3 is 9.80 Å². The molecule has 2 nitrogen and oxygen atoms in total. The largest absolute Gasteiger partial charge is 0.330 e. The minimum Gasteiger partial charge on any atom is -0.330 e. The Morgan fingerprint density at radius 1 is 1.07 bits per heavy atom. The van der Waals surface area contributed by atoms with Crippen LogP contribution in [0.1, 0.15) is 25.3 Å². The lowest BCUT2D eigenvalue weighted by Crippen LogP contribution is -2.20. The molecule has 0 saturated carbocycles. The first kappa shape index (κ1) is 10.1. The highest BCUT2D eigenvalue weighted by atomic mass is 15.4. The van der Waals surface area contributed by atoms with Crippen LogP contribution in [0.3, 0.4) is 0 Å². The van der Waals surface area contributed by atoms with Gasteiger partial charge in [0.2, 0.25) is 0 Å². The zero-order chi connectivity index (χ0) is 11.2. The highest BCUT2D eigenvalue weighted by Crippen LogP contribution is 2.40. The molecule has 0 aromatic heterocycles. The van der Waals surface area contributed by atoms with Gasteiger partial charge in [-0.3, -0.25) is 0 Å². The molecule has 1 aromatic rings. The van der Waals surface area contributed by atoms with Gasteiger partial charge in [0.25, 0.3) is 0 Å². The molecule has 1 heterocycles. The summed E-state index contributed by atoms with van der Waals surface area (Å²) in [6, 6.07) is 6.64. The summed E-state index contributed by atoms with van der Waals surface area (Å²) in [4.78, 5) is 4.26. The van der Waals surface area contributed by atoms with E-state index in [1.165, 1.54) is 16.9 Å². The number of hydrogen-bond acceptors (Lipinski definition) is 2. The van der Waals surface area contributed by atoms with Crippen molar-refractivity contribution in [2.75, 3.05) is 23.9 Å². The molecular formula is C13H18N2. The molecule has 2 heteroatoms.